The number of nitrogens with one attached hydrogen (secondary N) is 1. The number of rotatable bonds is 6. The van der Waals surface area contributed by atoms with E-state index in [0.29, 0.717) is 12.6 Å². The van der Waals surface area contributed by atoms with Gasteiger partial charge < -0.3 is 10.1 Å². The summed E-state index contributed by atoms with van der Waals surface area (Å²) in [6, 6.07) is 8.59. The molecule has 92 valence electrons. The van der Waals surface area contributed by atoms with Gasteiger partial charge in [-0.1, -0.05) is 19.1 Å². The van der Waals surface area contributed by atoms with Crippen molar-refractivity contribution in [1.82, 2.24) is 5.32 Å². The van der Waals surface area contributed by atoms with Crippen LogP contribution in [0.5, 0.6) is 5.75 Å². The van der Waals surface area contributed by atoms with Crippen LogP contribution in [0.15, 0.2) is 24.3 Å². The lowest BCUT2D eigenvalue weighted by atomic mass is 10.1. The van der Waals surface area contributed by atoms with Crippen molar-refractivity contribution in [2.45, 2.75) is 33.2 Å². The monoisotopic (exact) mass is 231 g/mol. The smallest absolute Gasteiger partial charge is 0.119 e. The molecule has 0 radical (unpaired) electrons. The predicted molar refractivity (Wildman–Crippen MR) is 72.1 cm³/mol. The third-order valence-corrected chi connectivity index (χ3v) is 2.54. The molecule has 1 aromatic carbocycles. The average Bonchev–Trinajstić information content (AvgIpc) is 2.35. The predicted octanol–water partition coefficient (Wildman–Crippen LogP) is 3.15. The lowest BCUT2D eigenvalue weighted by molar-refractivity contribution is 0.326. The van der Waals surface area contributed by atoms with E-state index < -0.39 is 0 Å². The molecule has 0 aliphatic carbocycles. The maximum Gasteiger partial charge on any atom is 0.119 e. The van der Waals surface area contributed by atoms with Crippen molar-refractivity contribution >= 4 is 0 Å². The maximum absolute atomic E-state index is 5.65. The van der Waals surface area contributed by atoms with Crippen LogP contribution in [0.2, 0.25) is 0 Å². The van der Waals surface area contributed by atoms with Crippen molar-refractivity contribution in [3.05, 3.63) is 29.8 Å². The van der Waals surface area contributed by atoms with E-state index in [1.165, 1.54) is 5.56 Å². The quantitative estimate of drug-likeness (QED) is 0.600. The van der Waals surface area contributed by atoms with Gasteiger partial charge >= 0.3 is 0 Å². The zero-order valence-corrected chi connectivity index (χ0v) is 10.9. The summed E-state index contributed by atoms with van der Waals surface area (Å²) < 4.78 is 5.65. The molecular formula is C15H21NO. The largest absolute Gasteiger partial charge is 0.493 e. The molecule has 0 saturated heterocycles. The van der Waals surface area contributed by atoms with E-state index >= 15 is 0 Å². The van der Waals surface area contributed by atoms with Gasteiger partial charge in [0, 0.05) is 12.5 Å². The highest BCUT2D eigenvalue weighted by Crippen LogP contribution is 2.19. The van der Waals surface area contributed by atoms with Gasteiger partial charge in [0.2, 0.25) is 0 Å². The van der Waals surface area contributed by atoms with Gasteiger partial charge in [-0.25, -0.2) is 0 Å². The molecule has 0 heterocycles. The summed E-state index contributed by atoms with van der Waals surface area (Å²) in [5.74, 6) is 6.77. The van der Waals surface area contributed by atoms with Crippen LogP contribution in [0.1, 0.15) is 38.8 Å². The second-order valence-corrected chi connectivity index (χ2v) is 3.88. The normalized spacial score (nSPS) is 11.5. The van der Waals surface area contributed by atoms with Gasteiger partial charge in [-0.05, 0) is 38.1 Å². The summed E-state index contributed by atoms with van der Waals surface area (Å²) in [4.78, 5) is 0. The molecule has 0 spiro atoms. The summed E-state index contributed by atoms with van der Waals surface area (Å²) in [5.41, 5.74) is 1.26. The first-order valence-corrected chi connectivity index (χ1v) is 6.13. The molecular weight excluding hydrogens is 210 g/mol. The van der Waals surface area contributed by atoms with Crippen LogP contribution in [-0.4, -0.2) is 13.2 Å². The zero-order valence-electron chi connectivity index (χ0n) is 10.9. The van der Waals surface area contributed by atoms with Gasteiger partial charge in [-0.15, -0.1) is 11.8 Å². The third kappa shape index (κ3) is 4.93. The average molecular weight is 231 g/mol. The van der Waals surface area contributed by atoms with Gasteiger partial charge in [0.1, 0.15) is 5.75 Å². The number of ether oxygens (including phenoxy) is 1. The summed E-state index contributed by atoms with van der Waals surface area (Å²) in [6.45, 7) is 7.74. The minimum Gasteiger partial charge on any atom is -0.493 e. The van der Waals surface area contributed by atoms with Crippen molar-refractivity contribution in [2.24, 2.45) is 0 Å². The van der Waals surface area contributed by atoms with Gasteiger partial charge in [0.15, 0.2) is 0 Å². The first kappa shape index (κ1) is 13.6. The fraction of sp³-hybridized carbons (Fsp3) is 0.467. The lowest BCUT2D eigenvalue weighted by Crippen LogP contribution is -2.17. The van der Waals surface area contributed by atoms with Crippen molar-refractivity contribution in [3.63, 3.8) is 0 Å². The lowest BCUT2D eigenvalue weighted by Gasteiger charge is -2.14. The molecule has 0 saturated carbocycles. The van der Waals surface area contributed by atoms with Gasteiger partial charge in [0.05, 0.1) is 6.61 Å². The summed E-state index contributed by atoms with van der Waals surface area (Å²) in [7, 11) is 0. The van der Waals surface area contributed by atoms with E-state index in [1.54, 1.807) is 0 Å². The van der Waals surface area contributed by atoms with Gasteiger partial charge in [-0.3, -0.25) is 0 Å². The van der Waals surface area contributed by atoms with E-state index in [-0.39, 0.29) is 0 Å². The highest BCUT2D eigenvalue weighted by Gasteiger charge is 2.04. The molecule has 1 atom stereocenters. The Morgan fingerprint density at radius 2 is 2.24 bits per heavy atom. The summed E-state index contributed by atoms with van der Waals surface area (Å²) in [6.07, 6.45) is 0.781. The van der Waals surface area contributed by atoms with Crippen LogP contribution in [0.3, 0.4) is 0 Å². The highest BCUT2D eigenvalue weighted by atomic mass is 16.5. The molecule has 17 heavy (non-hydrogen) atoms. The molecule has 2 heteroatoms. The molecule has 1 rings (SSSR count). The number of benzene rings is 1. The van der Waals surface area contributed by atoms with E-state index in [2.05, 4.69) is 43.1 Å². The summed E-state index contributed by atoms with van der Waals surface area (Å²) >= 11 is 0. The molecule has 1 N–H and O–H groups in total. The topological polar surface area (TPSA) is 21.3 Å². The van der Waals surface area contributed by atoms with Crippen LogP contribution in [0.25, 0.3) is 0 Å². The van der Waals surface area contributed by atoms with Crippen LogP contribution < -0.4 is 10.1 Å². The fourth-order valence-electron chi connectivity index (χ4n) is 1.64. The third-order valence-electron chi connectivity index (χ3n) is 2.54. The number of hydrogen-bond donors (Lipinski definition) is 1. The van der Waals surface area contributed by atoms with Crippen LogP contribution >= 0.6 is 0 Å². The molecule has 2 nitrogen and oxygen atoms in total. The van der Waals surface area contributed by atoms with Gasteiger partial charge in [-0.2, -0.15) is 0 Å². The molecule has 0 amide bonds. The van der Waals surface area contributed by atoms with Crippen LogP contribution in [-0.2, 0) is 0 Å². The van der Waals surface area contributed by atoms with E-state index in [1.807, 2.05) is 19.1 Å². The molecule has 0 aliphatic rings. The zero-order chi connectivity index (χ0) is 12.5. The van der Waals surface area contributed by atoms with Crippen LogP contribution in [0, 0.1) is 11.8 Å². The standard InChI is InChI=1S/C15H21NO/c1-4-6-7-11-17-15-10-8-9-14(12-15)13(3)16-5-2/h8-10,12-13,16H,5,7,11H2,1-3H3. The number of hydrogen-bond acceptors (Lipinski definition) is 2. The molecule has 0 aromatic heterocycles. The highest BCUT2D eigenvalue weighted by molar-refractivity contribution is 5.30. The Labute approximate surface area is 104 Å². The second-order valence-electron chi connectivity index (χ2n) is 3.88. The van der Waals surface area contributed by atoms with Crippen molar-refractivity contribution in [2.75, 3.05) is 13.2 Å². The molecule has 0 bridgehead atoms. The Balaban J connectivity index is 2.55. The van der Waals surface area contributed by atoms with E-state index in [9.17, 15) is 0 Å². The van der Waals surface area contributed by atoms with Crippen molar-refractivity contribution in [3.8, 4) is 17.6 Å². The molecule has 0 aliphatic heterocycles. The van der Waals surface area contributed by atoms with E-state index in [4.69, 9.17) is 4.74 Å². The molecule has 1 aromatic rings. The second kappa shape index (κ2) is 7.76. The Hall–Kier alpha value is -1.46. The fourth-order valence-corrected chi connectivity index (χ4v) is 1.64. The Kier molecular flexibility index (Phi) is 6.21. The molecule has 0 fully saturated rings. The minimum atomic E-state index is 0.360. The summed E-state index contributed by atoms with van der Waals surface area (Å²) in [5, 5.41) is 3.39. The van der Waals surface area contributed by atoms with E-state index in [0.717, 1.165) is 18.7 Å². The van der Waals surface area contributed by atoms with Crippen molar-refractivity contribution in [1.29, 1.82) is 0 Å². The Morgan fingerprint density at radius 1 is 1.41 bits per heavy atom. The minimum absolute atomic E-state index is 0.360. The first-order chi connectivity index (χ1) is 8.27. The Morgan fingerprint density at radius 3 is 2.94 bits per heavy atom. The van der Waals surface area contributed by atoms with Crippen molar-refractivity contribution < 1.29 is 4.74 Å². The molecule has 1 unspecified atom stereocenters. The van der Waals surface area contributed by atoms with Crippen LogP contribution in [0.4, 0.5) is 0 Å². The maximum atomic E-state index is 5.65. The Bertz CT molecular complexity index is 389. The SMILES string of the molecule is CC#CCCOc1cccc(C(C)NCC)c1. The first-order valence-electron chi connectivity index (χ1n) is 6.13. The van der Waals surface area contributed by atoms with Gasteiger partial charge in [0.25, 0.3) is 0 Å².